The van der Waals surface area contributed by atoms with E-state index >= 15 is 0 Å². The number of β-amino-alcohol motifs (C(OH)–C–C–N with tert-alkyl or cyclic N) is 1. The smallest absolute Gasteiger partial charge is 0.346 e. The Morgan fingerprint density at radius 1 is 1.25 bits per heavy atom. The van der Waals surface area contributed by atoms with Crippen LogP contribution >= 0.6 is 11.3 Å². The van der Waals surface area contributed by atoms with Gasteiger partial charge in [-0.05, 0) is 36.4 Å². The Bertz CT molecular complexity index is 656. The number of piperidine rings is 1. The molecular weight excluding hydrogens is 322 g/mol. The number of likely N-dealkylation sites (tertiary alicyclic amines) is 1. The zero-order chi connectivity index (χ0) is 17.6. The zero-order valence-corrected chi connectivity index (χ0v) is 15.1. The zero-order valence-electron chi connectivity index (χ0n) is 14.2. The van der Waals surface area contributed by atoms with Gasteiger partial charge in [0.2, 0.25) is 0 Å². The van der Waals surface area contributed by atoms with E-state index in [0.717, 1.165) is 19.5 Å². The number of hydrogen-bond acceptors (Lipinski definition) is 4. The highest BCUT2D eigenvalue weighted by molar-refractivity contribution is 7.12. The minimum absolute atomic E-state index is 0.254. The highest BCUT2D eigenvalue weighted by atomic mass is 32.1. The van der Waals surface area contributed by atoms with Crippen molar-refractivity contribution in [3.63, 3.8) is 0 Å². The lowest BCUT2D eigenvalue weighted by molar-refractivity contribution is -0.0385. The van der Waals surface area contributed by atoms with Crippen LogP contribution in [0.3, 0.4) is 0 Å². The Hall–Kier alpha value is -1.69. The molecule has 1 aliphatic rings. The van der Waals surface area contributed by atoms with Crippen molar-refractivity contribution in [1.29, 1.82) is 0 Å². The first-order valence-electron chi connectivity index (χ1n) is 8.38. The van der Waals surface area contributed by atoms with Gasteiger partial charge in [-0.2, -0.15) is 0 Å². The van der Waals surface area contributed by atoms with Gasteiger partial charge in [-0.1, -0.05) is 44.2 Å². The summed E-state index contributed by atoms with van der Waals surface area (Å²) in [6.07, 6.45) is 1.47. The Balaban J connectivity index is 0.00000100. The minimum Gasteiger partial charge on any atom is -0.477 e. The molecule has 0 saturated carbocycles. The van der Waals surface area contributed by atoms with Crippen LogP contribution in [0.15, 0.2) is 41.8 Å². The minimum atomic E-state index is -1.07. The van der Waals surface area contributed by atoms with Crippen molar-refractivity contribution in [3.05, 3.63) is 57.8 Å². The topological polar surface area (TPSA) is 60.8 Å². The van der Waals surface area contributed by atoms with Crippen molar-refractivity contribution in [3.8, 4) is 0 Å². The predicted molar refractivity (Wildman–Crippen MR) is 97.5 cm³/mol. The molecule has 130 valence electrons. The summed E-state index contributed by atoms with van der Waals surface area (Å²) >= 11 is 1.18. The molecule has 0 spiro atoms. The second-order valence-electron chi connectivity index (χ2n) is 5.80. The third kappa shape index (κ3) is 4.23. The van der Waals surface area contributed by atoms with Gasteiger partial charge in [-0.15, -0.1) is 11.3 Å². The third-order valence-corrected chi connectivity index (χ3v) is 5.06. The van der Waals surface area contributed by atoms with E-state index in [0.29, 0.717) is 18.5 Å². The van der Waals surface area contributed by atoms with Crippen LogP contribution in [0.1, 0.15) is 47.5 Å². The van der Waals surface area contributed by atoms with Crippen molar-refractivity contribution in [1.82, 2.24) is 4.90 Å². The lowest BCUT2D eigenvalue weighted by Crippen LogP contribution is -2.46. The Morgan fingerprint density at radius 2 is 1.96 bits per heavy atom. The number of carboxylic acids is 1. The van der Waals surface area contributed by atoms with Gasteiger partial charge in [0.05, 0.1) is 0 Å². The monoisotopic (exact) mass is 347 g/mol. The maximum absolute atomic E-state index is 11.3. The Labute approximate surface area is 147 Å². The summed E-state index contributed by atoms with van der Waals surface area (Å²) in [4.78, 5) is 13.8. The predicted octanol–water partition coefficient (Wildman–Crippen LogP) is 3.96. The molecule has 24 heavy (non-hydrogen) atoms. The first kappa shape index (κ1) is 18.6. The van der Waals surface area contributed by atoms with Crippen LogP contribution < -0.4 is 0 Å². The molecule has 5 heteroatoms. The summed E-state index contributed by atoms with van der Waals surface area (Å²) in [5.41, 5.74) is 0.694. The number of rotatable bonds is 4. The molecule has 1 saturated heterocycles. The lowest BCUT2D eigenvalue weighted by atomic mass is 9.85. The standard InChI is InChI=1S/C17H19NO3S.C2H6/c19-16(20)15-14(7-10-22-15)17(21)8-4-9-18(12-17)11-13-5-2-1-3-6-13;1-2/h1-3,5-7,10,21H,4,8-9,11-12H2,(H,19,20);1-2H3. The number of aliphatic hydroxyl groups is 1. The van der Waals surface area contributed by atoms with Crippen LogP contribution in [-0.4, -0.2) is 34.2 Å². The van der Waals surface area contributed by atoms with E-state index in [1.54, 1.807) is 11.4 Å². The van der Waals surface area contributed by atoms with Gasteiger partial charge in [0, 0.05) is 18.7 Å². The van der Waals surface area contributed by atoms with E-state index < -0.39 is 11.6 Å². The molecule has 1 aromatic heterocycles. The van der Waals surface area contributed by atoms with Gasteiger partial charge in [0.1, 0.15) is 10.5 Å². The second-order valence-corrected chi connectivity index (χ2v) is 6.72. The Morgan fingerprint density at radius 3 is 2.62 bits per heavy atom. The molecule has 1 fully saturated rings. The highest BCUT2D eigenvalue weighted by Gasteiger charge is 2.38. The first-order valence-corrected chi connectivity index (χ1v) is 9.26. The van der Waals surface area contributed by atoms with Crippen LogP contribution in [0, 0.1) is 0 Å². The summed E-state index contributed by atoms with van der Waals surface area (Å²) in [6.45, 7) is 6.17. The van der Waals surface area contributed by atoms with Gasteiger partial charge >= 0.3 is 5.97 Å². The summed E-state index contributed by atoms with van der Waals surface area (Å²) < 4.78 is 0. The van der Waals surface area contributed by atoms with E-state index in [1.807, 2.05) is 32.0 Å². The summed E-state index contributed by atoms with van der Waals surface area (Å²) in [6, 6.07) is 11.9. The number of carbonyl (C=O) groups is 1. The lowest BCUT2D eigenvalue weighted by Gasteiger charge is -2.39. The normalized spacial score (nSPS) is 21.0. The largest absolute Gasteiger partial charge is 0.477 e. The average Bonchev–Trinajstić information content (AvgIpc) is 3.09. The van der Waals surface area contributed by atoms with E-state index in [-0.39, 0.29) is 4.88 Å². The van der Waals surface area contributed by atoms with Gasteiger partial charge in [0.25, 0.3) is 0 Å². The van der Waals surface area contributed by atoms with Crippen LogP contribution in [0.5, 0.6) is 0 Å². The first-order chi connectivity index (χ1) is 11.6. The summed E-state index contributed by atoms with van der Waals surface area (Å²) in [7, 11) is 0. The van der Waals surface area contributed by atoms with E-state index in [4.69, 9.17) is 0 Å². The van der Waals surface area contributed by atoms with E-state index in [1.165, 1.54) is 16.9 Å². The molecule has 0 radical (unpaired) electrons. The van der Waals surface area contributed by atoms with Crippen molar-refractivity contribution >= 4 is 17.3 Å². The number of aromatic carboxylic acids is 1. The fourth-order valence-corrected chi connectivity index (χ4v) is 3.99. The fraction of sp³-hybridized carbons (Fsp3) is 0.421. The van der Waals surface area contributed by atoms with Gasteiger partial charge in [-0.3, -0.25) is 4.90 Å². The number of carboxylic acid groups (broad SMARTS) is 1. The van der Waals surface area contributed by atoms with Crippen molar-refractivity contribution < 1.29 is 15.0 Å². The summed E-state index contributed by atoms with van der Waals surface area (Å²) in [5, 5.41) is 22.0. The molecule has 3 rings (SSSR count). The molecule has 0 aliphatic carbocycles. The molecule has 2 N–H and O–H groups in total. The summed E-state index contributed by atoms with van der Waals surface area (Å²) in [5.74, 6) is -0.960. The highest BCUT2D eigenvalue weighted by Crippen LogP contribution is 2.36. The van der Waals surface area contributed by atoms with Crippen LogP contribution in [0.25, 0.3) is 0 Å². The van der Waals surface area contributed by atoms with Crippen molar-refractivity contribution in [2.45, 2.75) is 38.8 Å². The molecule has 2 heterocycles. The SMILES string of the molecule is CC.O=C(O)c1sccc1C1(O)CCCN(Cc2ccccc2)C1. The van der Waals surface area contributed by atoms with Crippen LogP contribution in [0.2, 0.25) is 0 Å². The van der Waals surface area contributed by atoms with Gasteiger partial charge in [0.15, 0.2) is 0 Å². The molecular formula is C19H25NO3S. The molecule has 1 aromatic carbocycles. The van der Waals surface area contributed by atoms with Crippen molar-refractivity contribution in [2.75, 3.05) is 13.1 Å². The molecule has 4 nitrogen and oxygen atoms in total. The fourth-order valence-electron chi connectivity index (χ4n) is 3.16. The number of thiophene rings is 1. The number of hydrogen-bond donors (Lipinski definition) is 2. The maximum atomic E-state index is 11.3. The molecule has 0 amide bonds. The molecule has 0 bridgehead atoms. The average molecular weight is 347 g/mol. The maximum Gasteiger partial charge on any atom is 0.346 e. The van der Waals surface area contributed by atoms with E-state index in [9.17, 15) is 15.0 Å². The molecule has 1 unspecified atom stereocenters. The second kappa shape index (κ2) is 8.42. The molecule has 2 aromatic rings. The van der Waals surface area contributed by atoms with Crippen LogP contribution in [0.4, 0.5) is 0 Å². The van der Waals surface area contributed by atoms with Gasteiger partial charge in [-0.25, -0.2) is 4.79 Å². The Kier molecular flexibility index (Phi) is 6.54. The quantitative estimate of drug-likeness (QED) is 0.879. The van der Waals surface area contributed by atoms with Crippen molar-refractivity contribution in [2.24, 2.45) is 0 Å². The molecule has 1 aliphatic heterocycles. The number of benzene rings is 1. The van der Waals surface area contributed by atoms with Crippen LogP contribution in [-0.2, 0) is 12.1 Å². The molecule has 1 atom stereocenters. The van der Waals surface area contributed by atoms with E-state index in [2.05, 4.69) is 17.0 Å². The van der Waals surface area contributed by atoms with Gasteiger partial charge < -0.3 is 10.2 Å². The number of nitrogens with zero attached hydrogens (tertiary/aromatic N) is 1. The third-order valence-electron chi connectivity index (χ3n) is 4.16.